The number of hydrogen-bond acceptors (Lipinski definition) is 5. The predicted molar refractivity (Wildman–Crippen MR) is 71.3 cm³/mol. The minimum absolute atomic E-state index is 0.124. The Kier molecular flexibility index (Phi) is 4.29. The van der Waals surface area contributed by atoms with E-state index in [-0.39, 0.29) is 18.1 Å². The van der Waals surface area contributed by atoms with E-state index in [1.807, 2.05) is 6.92 Å². The molecular formula is C13H14F2N4O. The van der Waals surface area contributed by atoms with Gasteiger partial charge in [0.15, 0.2) is 5.82 Å². The van der Waals surface area contributed by atoms with Gasteiger partial charge in [-0.25, -0.2) is 13.8 Å². The molecular weight excluding hydrogens is 266 g/mol. The van der Waals surface area contributed by atoms with Crippen molar-refractivity contribution in [2.24, 2.45) is 0 Å². The van der Waals surface area contributed by atoms with Crippen LogP contribution in [0.2, 0.25) is 0 Å². The van der Waals surface area contributed by atoms with E-state index in [1.165, 1.54) is 18.5 Å². The third kappa shape index (κ3) is 3.11. The zero-order valence-corrected chi connectivity index (χ0v) is 10.9. The van der Waals surface area contributed by atoms with Crippen LogP contribution in [0, 0.1) is 11.6 Å². The first-order valence-electron chi connectivity index (χ1n) is 6.03. The first-order valence-corrected chi connectivity index (χ1v) is 6.03. The van der Waals surface area contributed by atoms with E-state index in [2.05, 4.69) is 15.3 Å². The molecule has 1 aromatic carbocycles. The molecule has 0 radical (unpaired) electrons. The van der Waals surface area contributed by atoms with E-state index >= 15 is 0 Å². The van der Waals surface area contributed by atoms with Gasteiger partial charge in [0.05, 0.1) is 6.61 Å². The van der Waals surface area contributed by atoms with Crippen LogP contribution in [0.3, 0.4) is 0 Å². The summed E-state index contributed by atoms with van der Waals surface area (Å²) in [7, 11) is 0. The smallest absolute Gasteiger partial charge is 0.242 e. The van der Waals surface area contributed by atoms with Crippen molar-refractivity contribution in [3.63, 3.8) is 0 Å². The fourth-order valence-electron chi connectivity index (χ4n) is 1.62. The average Bonchev–Trinajstić information content (AvgIpc) is 2.42. The van der Waals surface area contributed by atoms with E-state index in [0.29, 0.717) is 18.0 Å². The quantitative estimate of drug-likeness (QED) is 0.879. The molecule has 3 N–H and O–H groups in total. The van der Waals surface area contributed by atoms with Crippen LogP contribution in [0.1, 0.15) is 12.5 Å². The molecule has 106 valence electrons. The van der Waals surface area contributed by atoms with Gasteiger partial charge in [-0.1, -0.05) is 6.07 Å². The minimum Gasteiger partial charge on any atom is -0.476 e. The van der Waals surface area contributed by atoms with Gasteiger partial charge in [0.25, 0.3) is 0 Å². The number of ether oxygens (including phenoxy) is 1. The summed E-state index contributed by atoms with van der Waals surface area (Å²) < 4.78 is 31.5. The Morgan fingerprint density at radius 1 is 1.30 bits per heavy atom. The highest BCUT2D eigenvalue weighted by Crippen LogP contribution is 2.25. The Hall–Kier alpha value is -2.44. The number of nitrogen functional groups attached to an aromatic ring is 1. The lowest BCUT2D eigenvalue weighted by Crippen LogP contribution is -2.08. The molecule has 0 spiro atoms. The Balaban J connectivity index is 2.12. The molecule has 2 aromatic rings. The maximum atomic E-state index is 13.5. The van der Waals surface area contributed by atoms with Crippen LogP contribution in [0.15, 0.2) is 24.5 Å². The van der Waals surface area contributed by atoms with Crippen molar-refractivity contribution in [1.82, 2.24) is 9.97 Å². The molecule has 0 bridgehead atoms. The van der Waals surface area contributed by atoms with Crippen LogP contribution in [0.5, 0.6) is 5.88 Å². The normalized spacial score (nSPS) is 10.3. The van der Waals surface area contributed by atoms with Crippen molar-refractivity contribution in [3.05, 3.63) is 41.7 Å². The summed E-state index contributed by atoms with van der Waals surface area (Å²) in [5.74, 6) is -0.640. The van der Waals surface area contributed by atoms with Gasteiger partial charge < -0.3 is 15.8 Å². The number of benzene rings is 1. The van der Waals surface area contributed by atoms with Crippen LogP contribution in [0.25, 0.3) is 0 Å². The molecule has 0 atom stereocenters. The van der Waals surface area contributed by atoms with Gasteiger partial charge in [-0.15, -0.1) is 0 Å². The summed E-state index contributed by atoms with van der Waals surface area (Å²) in [5.41, 5.74) is 6.38. The number of anilines is 2. The lowest BCUT2D eigenvalue weighted by Gasteiger charge is -2.11. The van der Waals surface area contributed by atoms with Gasteiger partial charge in [0, 0.05) is 18.2 Å². The fraction of sp³-hybridized carbons (Fsp3) is 0.231. The molecule has 1 aromatic heterocycles. The molecule has 0 aliphatic carbocycles. The summed E-state index contributed by atoms with van der Waals surface area (Å²) in [6, 6.07) is 3.37. The SMILES string of the molecule is CCOc1ncnc(NCc2ccc(F)cc2F)c1N. The summed E-state index contributed by atoms with van der Waals surface area (Å²) in [6.07, 6.45) is 1.30. The summed E-state index contributed by atoms with van der Waals surface area (Å²) >= 11 is 0. The van der Waals surface area contributed by atoms with Gasteiger partial charge in [-0.05, 0) is 13.0 Å². The number of aromatic nitrogens is 2. The number of halogens is 2. The van der Waals surface area contributed by atoms with Crippen molar-refractivity contribution < 1.29 is 13.5 Å². The van der Waals surface area contributed by atoms with Crippen molar-refractivity contribution in [3.8, 4) is 5.88 Å². The minimum atomic E-state index is -0.629. The van der Waals surface area contributed by atoms with Crippen molar-refractivity contribution in [2.75, 3.05) is 17.7 Å². The van der Waals surface area contributed by atoms with Crippen LogP contribution in [-0.2, 0) is 6.54 Å². The second kappa shape index (κ2) is 6.14. The fourth-order valence-corrected chi connectivity index (χ4v) is 1.62. The molecule has 0 unspecified atom stereocenters. The second-order valence-corrected chi connectivity index (χ2v) is 3.96. The molecule has 0 saturated heterocycles. The number of nitrogens with one attached hydrogen (secondary N) is 1. The van der Waals surface area contributed by atoms with E-state index in [1.54, 1.807) is 0 Å². The van der Waals surface area contributed by atoms with E-state index in [9.17, 15) is 8.78 Å². The van der Waals surface area contributed by atoms with E-state index < -0.39 is 11.6 Å². The van der Waals surface area contributed by atoms with E-state index in [0.717, 1.165) is 6.07 Å². The van der Waals surface area contributed by atoms with Gasteiger partial charge >= 0.3 is 0 Å². The topological polar surface area (TPSA) is 73.1 Å². The van der Waals surface area contributed by atoms with Gasteiger partial charge in [-0.3, -0.25) is 0 Å². The molecule has 1 heterocycles. The monoisotopic (exact) mass is 280 g/mol. The van der Waals surface area contributed by atoms with Crippen molar-refractivity contribution in [1.29, 1.82) is 0 Å². The summed E-state index contributed by atoms with van der Waals surface area (Å²) in [6.45, 7) is 2.36. The molecule has 0 aliphatic rings. The van der Waals surface area contributed by atoms with Gasteiger partial charge in [0.2, 0.25) is 5.88 Å². The zero-order valence-electron chi connectivity index (χ0n) is 10.9. The average molecular weight is 280 g/mol. The Bertz CT molecular complexity index is 607. The molecule has 0 fully saturated rings. The highest BCUT2D eigenvalue weighted by molar-refractivity contribution is 5.66. The van der Waals surface area contributed by atoms with Gasteiger partial charge in [-0.2, -0.15) is 4.98 Å². The lowest BCUT2D eigenvalue weighted by atomic mass is 10.2. The second-order valence-electron chi connectivity index (χ2n) is 3.96. The third-order valence-electron chi connectivity index (χ3n) is 2.59. The molecule has 5 nitrogen and oxygen atoms in total. The molecule has 0 aliphatic heterocycles. The molecule has 0 saturated carbocycles. The Labute approximate surface area is 114 Å². The lowest BCUT2D eigenvalue weighted by molar-refractivity contribution is 0.328. The largest absolute Gasteiger partial charge is 0.476 e. The molecule has 7 heteroatoms. The number of rotatable bonds is 5. The Morgan fingerprint density at radius 3 is 2.80 bits per heavy atom. The van der Waals surface area contributed by atoms with Crippen LogP contribution in [-0.4, -0.2) is 16.6 Å². The predicted octanol–water partition coefficient (Wildman–Crippen LogP) is 2.35. The van der Waals surface area contributed by atoms with Gasteiger partial charge in [0.1, 0.15) is 23.6 Å². The molecule has 0 amide bonds. The maximum absolute atomic E-state index is 13.5. The Morgan fingerprint density at radius 2 is 2.10 bits per heavy atom. The van der Waals surface area contributed by atoms with E-state index in [4.69, 9.17) is 10.5 Å². The maximum Gasteiger partial charge on any atom is 0.242 e. The molecule has 2 rings (SSSR count). The molecule has 20 heavy (non-hydrogen) atoms. The number of nitrogens with two attached hydrogens (primary N) is 1. The first kappa shape index (κ1) is 14.0. The standard InChI is InChI=1S/C13H14F2N4O/c1-2-20-13-11(16)12(18-7-19-13)17-6-8-3-4-9(14)5-10(8)15/h3-5,7H,2,6,16H2,1H3,(H,17,18,19). The van der Waals surface area contributed by atoms with Crippen LogP contribution < -0.4 is 15.8 Å². The van der Waals surface area contributed by atoms with Crippen molar-refractivity contribution >= 4 is 11.5 Å². The highest BCUT2D eigenvalue weighted by atomic mass is 19.1. The number of hydrogen-bond donors (Lipinski definition) is 2. The summed E-state index contributed by atoms with van der Waals surface area (Å²) in [4.78, 5) is 7.85. The van der Waals surface area contributed by atoms with Crippen LogP contribution >= 0.6 is 0 Å². The van der Waals surface area contributed by atoms with Crippen molar-refractivity contribution in [2.45, 2.75) is 13.5 Å². The van der Waals surface area contributed by atoms with Crippen LogP contribution in [0.4, 0.5) is 20.3 Å². The number of nitrogens with zero attached hydrogens (tertiary/aromatic N) is 2. The highest BCUT2D eigenvalue weighted by Gasteiger charge is 2.10. The first-order chi connectivity index (χ1) is 9.61. The zero-order chi connectivity index (χ0) is 14.5. The summed E-state index contributed by atoms with van der Waals surface area (Å²) in [5, 5.41) is 2.87. The third-order valence-corrected chi connectivity index (χ3v) is 2.59.